The third-order valence-corrected chi connectivity index (χ3v) is 4.03. The minimum absolute atomic E-state index is 0.513. The molecule has 1 aromatic carbocycles. The lowest BCUT2D eigenvalue weighted by Crippen LogP contribution is -2.04. The van der Waals surface area contributed by atoms with E-state index in [-0.39, 0.29) is 0 Å². The predicted molar refractivity (Wildman–Crippen MR) is 78.6 cm³/mol. The van der Waals surface area contributed by atoms with Crippen LogP contribution in [-0.4, -0.2) is 12.4 Å². The molecule has 2 aromatic rings. The fourth-order valence-corrected chi connectivity index (χ4v) is 2.64. The van der Waals surface area contributed by atoms with Crippen molar-refractivity contribution in [3.8, 4) is 5.75 Å². The largest absolute Gasteiger partial charge is 0.493 e. The Balaban J connectivity index is 1.71. The molecule has 4 heteroatoms. The van der Waals surface area contributed by atoms with Crippen molar-refractivity contribution in [1.82, 2.24) is 0 Å². The molecular weight excluding hydrogens is 258 g/mol. The molecule has 0 amide bonds. The predicted octanol–water partition coefficient (Wildman–Crippen LogP) is 3.61. The van der Waals surface area contributed by atoms with Crippen molar-refractivity contribution in [2.75, 3.05) is 12.4 Å². The van der Waals surface area contributed by atoms with Crippen LogP contribution in [-0.2, 0) is 6.54 Å². The average Bonchev–Trinajstić information content (AvgIpc) is 2.84. The molecule has 2 rings (SSSR count). The fourth-order valence-electron chi connectivity index (χ4n) is 1.76. The summed E-state index contributed by atoms with van der Waals surface area (Å²) < 4.78 is 11.0. The Bertz CT molecular complexity index is 510. The van der Waals surface area contributed by atoms with Crippen LogP contribution in [0.4, 0.5) is 0 Å². The van der Waals surface area contributed by atoms with Crippen LogP contribution in [0, 0.1) is 6.92 Å². The summed E-state index contributed by atoms with van der Waals surface area (Å²) in [7, 11) is 0. The molecule has 0 bridgehead atoms. The van der Waals surface area contributed by atoms with Crippen LogP contribution in [0.3, 0.4) is 0 Å². The highest BCUT2D eigenvalue weighted by Crippen LogP contribution is 2.24. The van der Waals surface area contributed by atoms with Crippen LogP contribution in [0.1, 0.15) is 17.7 Å². The number of furan rings is 1. The van der Waals surface area contributed by atoms with E-state index in [9.17, 15) is 0 Å². The van der Waals surface area contributed by atoms with Gasteiger partial charge >= 0.3 is 0 Å². The number of ether oxygens (including phenoxy) is 1. The summed E-state index contributed by atoms with van der Waals surface area (Å²) in [5.41, 5.74) is 6.72. The summed E-state index contributed by atoms with van der Waals surface area (Å²) in [6, 6.07) is 9.92. The van der Waals surface area contributed by atoms with E-state index in [1.807, 2.05) is 37.3 Å². The molecule has 0 saturated carbocycles. The van der Waals surface area contributed by atoms with Crippen LogP contribution in [0.15, 0.2) is 45.9 Å². The molecule has 1 heterocycles. The second-order valence-electron chi connectivity index (χ2n) is 4.20. The zero-order chi connectivity index (χ0) is 13.5. The van der Waals surface area contributed by atoms with Gasteiger partial charge in [-0.2, -0.15) is 0 Å². The molecule has 19 heavy (non-hydrogen) atoms. The third kappa shape index (κ3) is 4.04. The second-order valence-corrected chi connectivity index (χ2v) is 5.34. The lowest BCUT2D eigenvalue weighted by molar-refractivity contribution is 0.315. The topological polar surface area (TPSA) is 48.4 Å². The summed E-state index contributed by atoms with van der Waals surface area (Å²) in [5.74, 6) is 2.90. The first-order valence-corrected chi connectivity index (χ1v) is 7.37. The lowest BCUT2D eigenvalue weighted by Gasteiger charge is -2.09. The van der Waals surface area contributed by atoms with Gasteiger partial charge in [-0.15, -0.1) is 11.8 Å². The highest BCUT2D eigenvalue weighted by Gasteiger charge is 2.03. The van der Waals surface area contributed by atoms with Crippen molar-refractivity contribution in [3.63, 3.8) is 0 Å². The minimum Gasteiger partial charge on any atom is -0.493 e. The van der Waals surface area contributed by atoms with E-state index in [2.05, 4.69) is 0 Å². The van der Waals surface area contributed by atoms with Gasteiger partial charge in [0.05, 0.1) is 12.9 Å². The van der Waals surface area contributed by atoms with E-state index in [1.54, 1.807) is 18.0 Å². The molecule has 0 fully saturated rings. The van der Waals surface area contributed by atoms with Gasteiger partial charge in [0.15, 0.2) is 0 Å². The van der Waals surface area contributed by atoms with Crippen LogP contribution in [0.2, 0.25) is 0 Å². The smallest absolute Gasteiger partial charge is 0.123 e. The summed E-state index contributed by atoms with van der Waals surface area (Å²) >= 11 is 1.80. The van der Waals surface area contributed by atoms with Crippen molar-refractivity contribution in [3.05, 3.63) is 47.9 Å². The molecule has 0 saturated heterocycles. The molecule has 2 N–H and O–H groups in total. The van der Waals surface area contributed by atoms with Crippen LogP contribution in [0.25, 0.3) is 0 Å². The van der Waals surface area contributed by atoms with Gasteiger partial charge in [-0.05, 0) is 25.5 Å². The van der Waals surface area contributed by atoms with Gasteiger partial charge in [-0.1, -0.05) is 18.2 Å². The minimum atomic E-state index is 0.513. The van der Waals surface area contributed by atoms with Crippen LogP contribution in [0.5, 0.6) is 5.75 Å². The maximum Gasteiger partial charge on any atom is 0.123 e. The molecule has 0 aliphatic carbocycles. The van der Waals surface area contributed by atoms with Gasteiger partial charge < -0.3 is 14.9 Å². The SMILES string of the molecule is Cc1occc1SCCCOc1ccccc1CN. The second kappa shape index (κ2) is 7.26. The lowest BCUT2D eigenvalue weighted by atomic mass is 10.2. The molecule has 0 unspecified atom stereocenters. The number of benzene rings is 1. The Hall–Kier alpha value is -1.39. The van der Waals surface area contributed by atoms with Crippen molar-refractivity contribution >= 4 is 11.8 Å². The average molecular weight is 277 g/mol. The van der Waals surface area contributed by atoms with Crippen molar-refractivity contribution in [2.24, 2.45) is 5.73 Å². The number of thioether (sulfide) groups is 1. The van der Waals surface area contributed by atoms with Crippen molar-refractivity contribution in [2.45, 2.75) is 24.8 Å². The van der Waals surface area contributed by atoms with Crippen molar-refractivity contribution in [1.29, 1.82) is 0 Å². The summed E-state index contributed by atoms with van der Waals surface area (Å²) in [4.78, 5) is 1.21. The van der Waals surface area contributed by atoms with Crippen molar-refractivity contribution < 1.29 is 9.15 Å². The van der Waals surface area contributed by atoms with Crippen LogP contribution < -0.4 is 10.5 Å². The number of rotatable bonds is 7. The molecule has 0 spiro atoms. The first-order chi connectivity index (χ1) is 9.31. The Morgan fingerprint density at radius 2 is 2.11 bits per heavy atom. The Morgan fingerprint density at radius 3 is 2.84 bits per heavy atom. The van der Waals surface area contributed by atoms with Gasteiger partial charge in [0.25, 0.3) is 0 Å². The maximum atomic E-state index is 5.76. The number of aryl methyl sites for hydroxylation is 1. The van der Waals surface area contributed by atoms with Gasteiger partial charge in [-0.3, -0.25) is 0 Å². The summed E-state index contributed by atoms with van der Waals surface area (Å²) in [6.45, 7) is 3.20. The van der Waals surface area contributed by atoms with E-state index in [1.165, 1.54) is 4.90 Å². The Labute approximate surface area is 118 Å². The van der Waals surface area contributed by atoms with Crippen LogP contribution >= 0.6 is 11.8 Å². The van der Waals surface area contributed by atoms with E-state index in [0.29, 0.717) is 13.2 Å². The molecular formula is C15H19NO2S. The molecule has 0 atom stereocenters. The number of hydrogen-bond donors (Lipinski definition) is 1. The Kier molecular flexibility index (Phi) is 5.36. The first-order valence-electron chi connectivity index (χ1n) is 6.39. The normalized spacial score (nSPS) is 10.6. The molecule has 0 aliphatic heterocycles. The number of nitrogens with two attached hydrogens (primary N) is 1. The van der Waals surface area contributed by atoms with Gasteiger partial charge in [-0.25, -0.2) is 0 Å². The first kappa shape index (κ1) is 14.0. The zero-order valence-corrected chi connectivity index (χ0v) is 11.9. The summed E-state index contributed by atoms with van der Waals surface area (Å²) in [5, 5.41) is 0. The molecule has 3 nitrogen and oxygen atoms in total. The quantitative estimate of drug-likeness (QED) is 0.620. The van der Waals surface area contributed by atoms with E-state index < -0.39 is 0 Å². The molecule has 102 valence electrons. The highest BCUT2D eigenvalue weighted by molar-refractivity contribution is 7.99. The monoisotopic (exact) mass is 277 g/mol. The van der Waals surface area contributed by atoms with Gasteiger partial charge in [0.1, 0.15) is 11.5 Å². The zero-order valence-electron chi connectivity index (χ0n) is 11.1. The molecule has 0 radical (unpaired) electrons. The third-order valence-electron chi connectivity index (χ3n) is 2.81. The highest BCUT2D eigenvalue weighted by atomic mass is 32.2. The van der Waals surface area contributed by atoms with Gasteiger partial charge in [0, 0.05) is 22.8 Å². The molecule has 1 aromatic heterocycles. The van der Waals surface area contributed by atoms with E-state index in [0.717, 1.165) is 29.2 Å². The standard InChI is InChI=1S/C15H19NO2S/c1-12-15(7-9-17-12)19-10-4-8-18-14-6-3-2-5-13(14)11-16/h2-3,5-7,9H,4,8,10-11,16H2,1H3. The molecule has 0 aliphatic rings. The fraction of sp³-hybridized carbons (Fsp3) is 0.333. The number of para-hydroxylation sites is 1. The maximum absolute atomic E-state index is 5.76. The van der Waals surface area contributed by atoms with Gasteiger partial charge in [0.2, 0.25) is 0 Å². The number of hydrogen-bond acceptors (Lipinski definition) is 4. The van der Waals surface area contributed by atoms with E-state index >= 15 is 0 Å². The summed E-state index contributed by atoms with van der Waals surface area (Å²) in [6.07, 6.45) is 2.72. The Morgan fingerprint density at radius 1 is 1.26 bits per heavy atom. The van der Waals surface area contributed by atoms with E-state index in [4.69, 9.17) is 14.9 Å².